The molecule has 0 spiro atoms. The molecular formula is C12H12ClN3S. The molecule has 0 aliphatic carbocycles. The summed E-state index contributed by atoms with van der Waals surface area (Å²) in [5, 5.41) is 0.494. The first-order valence-electron chi connectivity index (χ1n) is 5.15. The quantitative estimate of drug-likeness (QED) is 0.675. The third kappa shape index (κ3) is 3.11. The maximum absolute atomic E-state index is 6.00. The van der Waals surface area contributed by atoms with Crippen molar-refractivity contribution in [1.29, 1.82) is 0 Å². The first-order valence-corrected chi connectivity index (χ1v) is 6.35. The molecule has 0 atom stereocenters. The molecular weight excluding hydrogens is 254 g/mol. The van der Waals surface area contributed by atoms with E-state index in [-0.39, 0.29) is 0 Å². The summed E-state index contributed by atoms with van der Waals surface area (Å²) in [6.45, 7) is 3.83. The normalized spacial score (nSPS) is 10.3. The zero-order valence-corrected chi connectivity index (χ0v) is 11.1. The molecule has 0 aliphatic heterocycles. The average Bonchev–Trinajstić information content (AvgIpc) is 2.34. The third-order valence-electron chi connectivity index (χ3n) is 2.33. The predicted octanol–water partition coefficient (Wildman–Crippen LogP) is 3.87. The third-order valence-corrected chi connectivity index (χ3v) is 3.49. The first-order chi connectivity index (χ1) is 8.16. The number of hydrogen-bond acceptors (Lipinski definition) is 4. The molecule has 17 heavy (non-hydrogen) atoms. The number of halogens is 1. The fraction of sp³-hybridized carbons (Fsp3) is 0.167. The number of benzene rings is 1. The van der Waals surface area contributed by atoms with Gasteiger partial charge >= 0.3 is 0 Å². The molecule has 0 unspecified atom stereocenters. The van der Waals surface area contributed by atoms with Crippen LogP contribution in [0.5, 0.6) is 0 Å². The van der Waals surface area contributed by atoms with Crippen LogP contribution in [-0.2, 0) is 0 Å². The molecule has 1 aromatic heterocycles. The van der Waals surface area contributed by atoms with E-state index in [0.717, 1.165) is 16.2 Å². The Morgan fingerprint density at radius 1 is 1.12 bits per heavy atom. The van der Waals surface area contributed by atoms with Gasteiger partial charge in [0.2, 0.25) is 5.95 Å². The van der Waals surface area contributed by atoms with Crippen LogP contribution in [0.2, 0.25) is 5.15 Å². The summed E-state index contributed by atoms with van der Waals surface area (Å²) in [4.78, 5) is 9.59. The van der Waals surface area contributed by atoms with Gasteiger partial charge in [-0.3, -0.25) is 4.72 Å². The van der Waals surface area contributed by atoms with E-state index < -0.39 is 0 Å². The Bertz CT molecular complexity index is 493. The topological polar surface area (TPSA) is 37.8 Å². The van der Waals surface area contributed by atoms with E-state index in [4.69, 9.17) is 11.6 Å². The highest BCUT2D eigenvalue weighted by molar-refractivity contribution is 8.00. The van der Waals surface area contributed by atoms with E-state index in [9.17, 15) is 0 Å². The van der Waals surface area contributed by atoms with Crippen molar-refractivity contribution in [2.24, 2.45) is 0 Å². The summed E-state index contributed by atoms with van der Waals surface area (Å²) in [5.74, 6) is 0.534. The minimum absolute atomic E-state index is 0.494. The van der Waals surface area contributed by atoms with Gasteiger partial charge in [-0.15, -0.1) is 0 Å². The van der Waals surface area contributed by atoms with Gasteiger partial charge in [0.25, 0.3) is 0 Å². The van der Waals surface area contributed by atoms with Gasteiger partial charge in [0.15, 0.2) is 0 Å². The van der Waals surface area contributed by atoms with Crippen molar-refractivity contribution in [1.82, 2.24) is 9.97 Å². The fourth-order valence-corrected chi connectivity index (χ4v) is 2.04. The number of nitrogens with one attached hydrogen (secondary N) is 1. The second-order valence-electron chi connectivity index (χ2n) is 3.57. The Kier molecular flexibility index (Phi) is 3.86. The summed E-state index contributed by atoms with van der Waals surface area (Å²) in [7, 11) is 0. The lowest BCUT2D eigenvalue weighted by atomic mass is 10.3. The van der Waals surface area contributed by atoms with Crippen molar-refractivity contribution in [2.75, 3.05) is 4.72 Å². The Balaban J connectivity index is 2.10. The Labute approximate surface area is 110 Å². The summed E-state index contributed by atoms with van der Waals surface area (Å²) in [5.41, 5.74) is 1.81. The summed E-state index contributed by atoms with van der Waals surface area (Å²) < 4.78 is 3.08. The van der Waals surface area contributed by atoms with E-state index >= 15 is 0 Å². The number of nitrogens with zero attached hydrogens (tertiary/aromatic N) is 2. The molecule has 2 aromatic rings. The molecule has 0 fully saturated rings. The molecule has 0 saturated carbocycles. The lowest BCUT2D eigenvalue weighted by Gasteiger charge is -2.07. The lowest BCUT2D eigenvalue weighted by Crippen LogP contribution is -1.99. The highest BCUT2D eigenvalue weighted by Gasteiger charge is 2.05. The number of hydrogen-bond donors (Lipinski definition) is 1. The average molecular weight is 266 g/mol. The van der Waals surface area contributed by atoms with Crippen molar-refractivity contribution in [3.8, 4) is 0 Å². The van der Waals surface area contributed by atoms with Crippen LogP contribution < -0.4 is 4.72 Å². The maximum atomic E-state index is 6.00. The van der Waals surface area contributed by atoms with Gasteiger partial charge in [0.05, 0.1) is 0 Å². The molecule has 0 bridgehead atoms. The minimum Gasteiger partial charge on any atom is -0.294 e. The monoisotopic (exact) mass is 265 g/mol. The summed E-state index contributed by atoms with van der Waals surface area (Å²) in [6.07, 6.45) is 0. The molecule has 1 aromatic carbocycles. The second kappa shape index (κ2) is 5.38. The van der Waals surface area contributed by atoms with Crippen molar-refractivity contribution >= 4 is 29.5 Å². The van der Waals surface area contributed by atoms with E-state index in [0.29, 0.717) is 11.1 Å². The molecule has 88 valence electrons. The maximum Gasteiger partial charge on any atom is 0.234 e. The molecule has 5 heteroatoms. The van der Waals surface area contributed by atoms with Crippen LogP contribution in [0.4, 0.5) is 5.95 Å². The SMILES string of the molecule is Cc1nc(NSc2ccccc2)nc(Cl)c1C. The predicted molar refractivity (Wildman–Crippen MR) is 72.4 cm³/mol. The number of aromatic nitrogens is 2. The van der Waals surface area contributed by atoms with E-state index in [1.807, 2.05) is 44.2 Å². The van der Waals surface area contributed by atoms with Gasteiger partial charge in [-0.1, -0.05) is 29.8 Å². The van der Waals surface area contributed by atoms with E-state index in [2.05, 4.69) is 14.7 Å². The number of aryl methyl sites for hydroxylation is 1. The molecule has 0 amide bonds. The van der Waals surface area contributed by atoms with Crippen LogP contribution >= 0.6 is 23.5 Å². The van der Waals surface area contributed by atoms with Crippen LogP contribution in [0, 0.1) is 13.8 Å². The zero-order chi connectivity index (χ0) is 12.3. The Morgan fingerprint density at radius 3 is 2.47 bits per heavy atom. The zero-order valence-electron chi connectivity index (χ0n) is 9.57. The number of anilines is 1. The largest absolute Gasteiger partial charge is 0.294 e. The smallest absolute Gasteiger partial charge is 0.234 e. The minimum atomic E-state index is 0.494. The van der Waals surface area contributed by atoms with Crippen LogP contribution in [0.3, 0.4) is 0 Å². The van der Waals surface area contributed by atoms with Crippen LogP contribution in [0.15, 0.2) is 35.2 Å². The lowest BCUT2D eigenvalue weighted by molar-refractivity contribution is 1.08. The van der Waals surface area contributed by atoms with Crippen LogP contribution in [-0.4, -0.2) is 9.97 Å². The second-order valence-corrected chi connectivity index (χ2v) is 4.80. The van der Waals surface area contributed by atoms with Crippen molar-refractivity contribution in [2.45, 2.75) is 18.7 Å². The van der Waals surface area contributed by atoms with Crippen LogP contribution in [0.25, 0.3) is 0 Å². The van der Waals surface area contributed by atoms with E-state index in [1.165, 1.54) is 11.9 Å². The first kappa shape index (κ1) is 12.2. The highest BCUT2D eigenvalue weighted by Crippen LogP contribution is 2.21. The van der Waals surface area contributed by atoms with Gasteiger partial charge in [-0.2, -0.15) is 0 Å². The van der Waals surface area contributed by atoms with Gasteiger partial charge in [-0.05, 0) is 37.9 Å². The Hall–Kier alpha value is -1.26. The van der Waals surface area contributed by atoms with Gasteiger partial charge in [0.1, 0.15) is 5.15 Å². The van der Waals surface area contributed by atoms with Crippen molar-refractivity contribution in [3.05, 3.63) is 46.7 Å². The molecule has 3 nitrogen and oxygen atoms in total. The fourth-order valence-electron chi connectivity index (χ4n) is 1.23. The van der Waals surface area contributed by atoms with Crippen LogP contribution in [0.1, 0.15) is 11.3 Å². The standard InChI is InChI=1S/C12H12ClN3S/c1-8-9(2)14-12(15-11(8)13)16-17-10-6-4-3-5-7-10/h3-7H,1-2H3,(H,14,15,16). The van der Waals surface area contributed by atoms with Crippen molar-refractivity contribution in [3.63, 3.8) is 0 Å². The summed E-state index contributed by atoms with van der Waals surface area (Å²) in [6, 6.07) is 9.98. The van der Waals surface area contributed by atoms with E-state index in [1.54, 1.807) is 0 Å². The molecule has 0 radical (unpaired) electrons. The van der Waals surface area contributed by atoms with Gasteiger partial charge < -0.3 is 0 Å². The Morgan fingerprint density at radius 2 is 1.82 bits per heavy atom. The summed E-state index contributed by atoms with van der Waals surface area (Å²) >= 11 is 7.46. The molecule has 0 aliphatic rings. The highest BCUT2D eigenvalue weighted by atomic mass is 35.5. The molecule has 1 N–H and O–H groups in total. The van der Waals surface area contributed by atoms with Gasteiger partial charge in [-0.25, -0.2) is 9.97 Å². The van der Waals surface area contributed by atoms with Gasteiger partial charge in [0, 0.05) is 16.2 Å². The number of rotatable bonds is 3. The molecule has 2 rings (SSSR count). The molecule has 1 heterocycles. The molecule has 0 saturated heterocycles. The van der Waals surface area contributed by atoms with Crippen molar-refractivity contribution < 1.29 is 0 Å².